The summed E-state index contributed by atoms with van der Waals surface area (Å²) in [7, 11) is 3.89. The fraction of sp³-hybridized carbons (Fsp3) is 0.533. The van der Waals surface area contributed by atoms with Crippen molar-refractivity contribution in [2.75, 3.05) is 14.1 Å². The lowest BCUT2D eigenvalue weighted by Gasteiger charge is -2.45. The number of halogens is 2. The van der Waals surface area contributed by atoms with Crippen LogP contribution in [0, 0.1) is 0 Å². The zero-order chi connectivity index (χ0) is 28.1. The van der Waals surface area contributed by atoms with Crippen LogP contribution in [0.5, 0.6) is 11.5 Å². The van der Waals surface area contributed by atoms with Gasteiger partial charge in [-0.25, -0.2) is 9.59 Å². The highest BCUT2D eigenvalue weighted by Crippen LogP contribution is 2.47. The number of esters is 2. The minimum atomic E-state index is -0.972. The van der Waals surface area contributed by atoms with Gasteiger partial charge in [0.25, 0.3) is 0 Å². The molecule has 4 heterocycles. The predicted octanol–water partition coefficient (Wildman–Crippen LogP) is 5.44. The lowest BCUT2D eigenvalue weighted by molar-refractivity contribution is -0.216. The summed E-state index contributed by atoms with van der Waals surface area (Å²) in [6.07, 6.45) is 5.13. The van der Waals surface area contributed by atoms with Crippen LogP contribution in [0.15, 0.2) is 48.5 Å². The molecule has 4 fully saturated rings. The standard InChI is InChI=1S/C30H34Cl2N2O6/c1-33-21-9-11-29(33,17-25(15-21)37-23-7-3-5-19(31)13-23)39-27(35)28(36)40-30-12-10-22(34(30)2)16-26(18-30)38-24-8-4-6-20(32)14-24/h3-8,13-14,21-22,25-26H,9-12,15-18H2,1-2H3. The SMILES string of the molecule is CN1C2CCC1(OC(=O)C(=O)OC13CCC(CC(Oc4cccc(Cl)c4)C1)N3C)CC(Oc1cccc(Cl)c1)C2. The van der Waals surface area contributed by atoms with Gasteiger partial charge in [0, 0.05) is 60.7 Å². The van der Waals surface area contributed by atoms with Gasteiger partial charge in [-0.3, -0.25) is 9.80 Å². The number of hydrogen-bond donors (Lipinski definition) is 0. The van der Waals surface area contributed by atoms with Gasteiger partial charge in [-0.05, 0) is 63.3 Å². The lowest BCUT2D eigenvalue weighted by Crippen LogP contribution is -2.58. The minimum absolute atomic E-state index is 0.172. The van der Waals surface area contributed by atoms with Crippen LogP contribution in [0.3, 0.4) is 0 Å². The van der Waals surface area contributed by atoms with Crippen molar-refractivity contribution >= 4 is 35.1 Å². The quantitative estimate of drug-likeness (QED) is 0.326. The molecule has 0 spiro atoms. The van der Waals surface area contributed by atoms with Gasteiger partial charge in [-0.15, -0.1) is 0 Å². The molecule has 0 N–H and O–H groups in total. The molecule has 2 aromatic rings. The Hall–Kier alpha value is -2.52. The molecule has 10 heteroatoms. The molecule has 2 aromatic carbocycles. The Morgan fingerprint density at radius 2 is 1.18 bits per heavy atom. The van der Waals surface area contributed by atoms with Gasteiger partial charge in [0.05, 0.1) is 0 Å². The van der Waals surface area contributed by atoms with E-state index in [0.29, 0.717) is 47.2 Å². The van der Waals surface area contributed by atoms with Gasteiger partial charge < -0.3 is 18.9 Å². The van der Waals surface area contributed by atoms with Crippen LogP contribution in [0.2, 0.25) is 10.0 Å². The highest BCUT2D eigenvalue weighted by molar-refractivity contribution is 6.31. The molecule has 4 aliphatic rings. The molecule has 6 rings (SSSR count). The van der Waals surface area contributed by atoms with Crippen LogP contribution in [0.4, 0.5) is 0 Å². The van der Waals surface area contributed by atoms with Crippen LogP contribution in [-0.2, 0) is 19.1 Å². The minimum Gasteiger partial charge on any atom is -0.490 e. The first kappa shape index (κ1) is 27.6. The molecule has 4 saturated heterocycles. The normalized spacial score (nSPS) is 33.4. The fourth-order valence-corrected chi connectivity index (χ4v) is 7.48. The molecule has 40 heavy (non-hydrogen) atoms. The zero-order valence-electron chi connectivity index (χ0n) is 22.7. The van der Waals surface area contributed by atoms with Crippen LogP contribution in [0.1, 0.15) is 51.4 Å². The first-order chi connectivity index (χ1) is 19.1. The van der Waals surface area contributed by atoms with Crippen molar-refractivity contribution in [3.63, 3.8) is 0 Å². The van der Waals surface area contributed by atoms with Crippen LogP contribution in [0.25, 0.3) is 0 Å². The van der Waals surface area contributed by atoms with E-state index in [1.807, 2.05) is 38.4 Å². The van der Waals surface area contributed by atoms with Gasteiger partial charge in [-0.1, -0.05) is 35.3 Å². The third-order valence-electron chi connectivity index (χ3n) is 9.21. The van der Waals surface area contributed by atoms with Crippen molar-refractivity contribution in [3.8, 4) is 11.5 Å². The average Bonchev–Trinajstić information content (AvgIpc) is 3.18. The monoisotopic (exact) mass is 588 g/mol. The molecular formula is C30H34Cl2N2O6. The Bertz CT molecular complexity index is 1200. The van der Waals surface area contributed by atoms with Crippen molar-refractivity contribution in [1.82, 2.24) is 9.80 Å². The van der Waals surface area contributed by atoms with Crippen LogP contribution >= 0.6 is 23.2 Å². The van der Waals surface area contributed by atoms with Crippen molar-refractivity contribution in [2.24, 2.45) is 0 Å². The molecule has 4 aliphatic heterocycles. The summed E-state index contributed by atoms with van der Waals surface area (Å²) in [5.41, 5.74) is -1.84. The summed E-state index contributed by atoms with van der Waals surface area (Å²) < 4.78 is 24.4. The van der Waals surface area contributed by atoms with E-state index in [1.165, 1.54) is 0 Å². The number of hydrogen-bond acceptors (Lipinski definition) is 8. The van der Waals surface area contributed by atoms with Crippen LogP contribution < -0.4 is 9.47 Å². The van der Waals surface area contributed by atoms with Gasteiger partial charge in [-0.2, -0.15) is 0 Å². The number of benzene rings is 2. The zero-order valence-corrected chi connectivity index (χ0v) is 24.2. The molecule has 6 atom stereocenters. The maximum Gasteiger partial charge on any atom is 0.419 e. The van der Waals surface area contributed by atoms with Crippen LogP contribution in [-0.4, -0.2) is 71.6 Å². The molecule has 0 amide bonds. The van der Waals surface area contributed by atoms with Crippen molar-refractivity contribution in [2.45, 2.75) is 87.1 Å². The summed E-state index contributed by atoms with van der Waals surface area (Å²) in [5.74, 6) is -0.598. The number of piperidine rings is 2. The molecule has 0 aliphatic carbocycles. The lowest BCUT2D eigenvalue weighted by atomic mass is 9.97. The molecule has 0 aromatic heterocycles. The topological polar surface area (TPSA) is 77.5 Å². The highest BCUT2D eigenvalue weighted by atomic mass is 35.5. The maximum atomic E-state index is 13.3. The maximum absolute atomic E-state index is 13.3. The van der Waals surface area contributed by atoms with E-state index in [-0.39, 0.29) is 24.3 Å². The van der Waals surface area contributed by atoms with E-state index in [1.54, 1.807) is 24.3 Å². The molecular weight excluding hydrogens is 555 g/mol. The van der Waals surface area contributed by atoms with E-state index in [2.05, 4.69) is 9.80 Å². The van der Waals surface area contributed by atoms with E-state index in [4.69, 9.17) is 42.1 Å². The summed E-state index contributed by atoms with van der Waals surface area (Å²) >= 11 is 12.3. The number of carbonyl (C=O) groups excluding carboxylic acids is 2. The first-order valence-electron chi connectivity index (χ1n) is 13.9. The second-order valence-corrected chi connectivity index (χ2v) is 12.4. The Morgan fingerprint density at radius 1 is 0.750 bits per heavy atom. The molecule has 6 unspecified atom stereocenters. The average molecular weight is 590 g/mol. The van der Waals surface area contributed by atoms with Gasteiger partial charge in [0.15, 0.2) is 11.4 Å². The largest absolute Gasteiger partial charge is 0.490 e. The number of rotatable bonds is 6. The van der Waals surface area contributed by atoms with E-state index < -0.39 is 23.4 Å². The number of ether oxygens (including phenoxy) is 4. The molecule has 0 radical (unpaired) electrons. The van der Waals surface area contributed by atoms with E-state index in [0.717, 1.165) is 25.7 Å². The van der Waals surface area contributed by atoms with Gasteiger partial charge >= 0.3 is 11.9 Å². The third kappa shape index (κ3) is 5.27. The fourth-order valence-electron chi connectivity index (χ4n) is 7.12. The highest BCUT2D eigenvalue weighted by Gasteiger charge is 2.57. The third-order valence-corrected chi connectivity index (χ3v) is 9.68. The summed E-state index contributed by atoms with van der Waals surface area (Å²) in [6, 6.07) is 14.9. The van der Waals surface area contributed by atoms with Crippen molar-refractivity contribution in [1.29, 1.82) is 0 Å². The summed E-state index contributed by atoms with van der Waals surface area (Å²) in [6.45, 7) is 0. The summed E-state index contributed by atoms with van der Waals surface area (Å²) in [5, 5.41) is 1.19. The molecule has 0 saturated carbocycles. The van der Waals surface area contributed by atoms with Gasteiger partial charge in [0.2, 0.25) is 0 Å². The van der Waals surface area contributed by atoms with E-state index >= 15 is 0 Å². The first-order valence-corrected chi connectivity index (χ1v) is 14.7. The second kappa shape index (κ2) is 10.7. The van der Waals surface area contributed by atoms with Crippen molar-refractivity contribution < 1.29 is 28.5 Å². The predicted molar refractivity (Wildman–Crippen MR) is 149 cm³/mol. The summed E-state index contributed by atoms with van der Waals surface area (Å²) in [4.78, 5) is 30.7. The van der Waals surface area contributed by atoms with Crippen molar-refractivity contribution in [3.05, 3.63) is 58.6 Å². The van der Waals surface area contributed by atoms with Gasteiger partial charge in [0.1, 0.15) is 23.7 Å². The molecule has 214 valence electrons. The number of carbonyl (C=O) groups is 2. The number of fused-ring (bicyclic) bond motifs is 4. The smallest absolute Gasteiger partial charge is 0.419 e. The second-order valence-electron chi connectivity index (χ2n) is 11.6. The molecule has 4 bridgehead atoms. The Kier molecular flexibility index (Phi) is 7.40. The molecule has 8 nitrogen and oxygen atoms in total. The number of nitrogens with zero attached hydrogens (tertiary/aromatic N) is 2. The Labute approximate surface area is 244 Å². The Morgan fingerprint density at radius 3 is 1.57 bits per heavy atom. The van der Waals surface area contributed by atoms with E-state index in [9.17, 15) is 9.59 Å². The Balaban J connectivity index is 1.12.